The van der Waals surface area contributed by atoms with Crippen LogP contribution in [0.1, 0.15) is 28.0 Å². The van der Waals surface area contributed by atoms with Crippen molar-refractivity contribution < 1.29 is 0 Å². The number of aryl methyl sites for hydroxylation is 1. The van der Waals surface area contributed by atoms with Gasteiger partial charge in [-0.3, -0.25) is 9.36 Å². The van der Waals surface area contributed by atoms with E-state index in [1.54, 1.807) is 28.2 Å². The van der Waals surface area contributed by atoms with Crippen molar-refractivity contribution in [3.63, 3.8) is 0 Å². The Kier molecular flexibility index (Phi) is 3.78. The van der Waals surface area contributed by atoms with E-state index in [4.69, 9.17) is 11.6 Å². The molecule has 108 valence electrons. The number of nitrogens with zero attached hydrogens (tertiary/aromatic N) is 3. The molecule has 6 heteroatoms. The molecule has 1 unspecified atom stereocenters. The third kappa shape index (κ3) is 2.71. The van der Waals surface area contributed by atoms with Gasteiger partial charge >= 0.3 is 0 Å². The number of rotatable bonds is 3. The first kappa shape index (κ1) is 14.2. The predicted octanol–water partition coefficient (Wildman–Crippen LogP) is 3.51. The molecule has 2 heterocycles. The molecule has 21 heavy (non-hydrogen) atoms. The molecule has 0 radical (unpaired) electrons. The maximum Gasteiger partial charge on any atom is 0.261 e. The lowest BCUT2D eigenvalue weighted by Gasteiger charge is -2.14. The van der Waals surface area contributed by atoms with Crippen molar-refractivity contribution in [3.8, 4) is 0 Å². The second kappa shape index (κ2) is 5.58. The van der Waals surface area contributed by atoms with Crippen LogP contribution >= 0.6 is 22.9 Å². The second-order valence-electron chi connectivity index (χ2n) is 4.84. The summed E-state index contributed by atoms with van der Waals surface area (Å²) in [5.41, 5.74) is 0.621. The van der Waals surface area contributed by atoms with Crippen LogP contribution < -0.4 is 5.56 Å². The summed E-state index contributed by atoms with van der Waals surface area (Å²) in [6, 6.07) is 7.34. The molecule has 0 aliphatic carbocycles. The number of benzene rings is 1. The van der Waals surface area contributed by atoms with Gasteiger partial charge in [-0.2, -0.15) is 0 Å². The Morgan fingerprint density at radius 3 is 2.81 bits per heavy atom. The number of aromatic nitrogens is 3. The van der Waals surface area contributed by atoms with E-state index in [0.29, 0.717) is 23.3 Å². The summed E-state index contributed by atoms with van der Waals surface area (Å²) in [5, 5.41) is 1.25. The zero-order valence-corrected chi connectivity index (χ0v) is 13.3. The number of thiazole rings is 1. The predicted molar refractivity (Wildman–Crippen MR) is 86.2 cm³/mol. The molecule has 0 spiro atoms. The van der Waals surface area contributed by atoms with Crippen molar-refractivity contribution in [1.29, 1.82) is 0 Å². The summed E-state index contributed by atoms with van der Waals surface area (Å²) >= 11 is 7.79. The molecule has 3 rings (SSSR count). The fraction of sp³-hybridized carbons (Fsp3) is 0.267. The van der Waals surface area contributed by atoms with Gasteiger partial charge in [0.25, 0.3) is 5.56 Å². The number of fused-ring (bicyclic) bond motifs is 1. The van der Waals surface area contributed by atoms with Crippen LogP contribution in [0.4, 0.5) is 0 Å². The number of alkyl halides is 1. The minimum Gasteiger partial charge on any atom is -0.289 e. The van der Waals surface area contributed by atoms with Gasteiger partial charge in [0, 0.05) is 11.1 Å². The van der Waals surface area contributed by atoms with Crippen LogP contribution in [0.2, 0.25) is 0 Å². The third-order valence-corrected chi connectivity index (χ3v) is 4.32. The lowest BCUT2D eigenvalue weighted by Crippen LogP contribution is -2.26. The Balaban J connectivity index is 2.21. The average molecular weight is 320 g/mol. The molecule has 2 aromatic heterocycles. The molecule has 4 nitrogen and oxygen atoms in total. The molecule has 0 fully saturated rings. The van der Waals surface area contributed by atoms with Crippen molar-refractivity contribution in [2.75, 3.05) is 0 Å². The van der Waals surface area contributed by atoms with Crippen molar-refractivity contribution in [2.24, 2.45) is 0 Å². The lowest BCUT2D eigenvalue weighted by atomic mass is 10.2. The van der Waals surface area contributed by atoms with E-state index in [9.17, 15) is 4.79 Å². The number of halogens is 1. The highest BCUT2D eigenvalue weighted by Gasteiger charge is 2.15. The molecule has 0 saturated carbocycles. The van der Waals surface area contributed by atoms with E-state index in [-0.39, 0.29) is 10.9 Å². The molecule has 0 N–H and O–H groups in total. The number of hydrogen-bond acceptors (Lipinski definition) is 4. The number of hydrogen-bond donors (Lipinski definition) is 0. The van der Waals surface area contributed by atoms with Crippen LogP contribution in [0.3, 0.4) is 0 Å². The largest absolute Gasteiger partial charge is 0.289 e. The highest BCUT2D eigenvalue weighted by molar-refractivity contribution is 7.11. The van der Waals surface area contributed by atoms with Gasteiger partial charge in [-0.15, -0.1) is 22.9 Å². The first-order valence-corrected chi connectivity index (χ1v) is 7.86. The van der Waals surface area contributed by atoms with Crippen molar-refractivity contribution in [2.45, 2.75) is 25.8 Å². The van der Waals surface area contributed by atoms with Gasteiger partial charge in [0.1, 0.15) is 5.82 Å². The van der Waals surface area contributed by atoms with Crippen LogP contribution in [0.5, 0.6) is 0 Å². The Morgan fingerprint density at radius 1 is 1.38 bits per heavy atom. The van der Waals surface area contributed by atoms with E-state index >= 15 is 0 Å². The molecule has 0 amide bonds. The van der Waals surface area contributed by atoms with Gasteiger partial charge in [0.05, 0.1) is 27.8 Å². The van der Waals surface area contributed by atoms with E-state index < -0.39 is 0 Å². The van der Waals surface area contributed by atoms with Crippen LogP contribution in [-0.2, 0) is 6.54 Å². The smallest absolute Gasteiger partial charge is 0.261 e. The Morgan fingerprint density at radius 2 is 2.14 bits per heavy atom. The highest BCUT2D eigenvalue weighted by Crippen LogP contribution is 2.21. The van der Waals surface area contributed by atoms with Crippen molar-refractivity contribution in [3.05, 3.63) is 56.5 Å². The fourth-order valence-electron chi connectivity index (χ4n) is 2.28. The molecule has 0 aliphatic heterocycles. The first-order valence-electron chi connectivity index (χ1n) is 6.61. The molecule has 0 saturated heterocycles. The van der Waals surface area contributed by atoms with Gasteiger partial charge in [-0.1, -0.05) is 12.1 Å². The normalized spacial score (nSPS) is 12.7. The van der Waals surface area contributed by atoms with Crippen LogP contribution in [0.25, 0.3) is 10.9 Å². The highest BCUT2D eigenvalue weighted by atomic mass is 35.5. The van der Waals surface area contributed by atoms with Gasteiger partial charge in [-0.05, 0) is 26.0 Å². The Bertz CT molecular complexity index is 853. The van der Waals surface area contributed by atoms with E-state index in [1.807, 2.05) is 32.0 Å². The van der Waals surface area contributed by atoms with Crippen LogP contribution in [0, 0.1) is 6.92 Å². The van der Waals surface area contributed by atoms with E-state index in [0.717, 1.165) is 9.88 Å². The molecule has 0 aliphatic rings. The third-order valence-electron chi connectivity index (χ3n) is 3.23. The lowest BCUT2D eigenvalue weighted by molar-refractivity contribution is 0.684. The molecular formula is C15H14ClN3OS. The van der Waals surface area contributed by atoms with Crippen LogP contribution in [-0.4, -0.2) is 14.5 Å². The quantitative estimate of drug-likeness (QED) is 0.694. The summed E-state index contributed by atoms with van der Waals surface area (Å²) in [7, 11) is 0. The van der Waals surface area contributed by atoms with Crippen molar-refractivity contribution >= 4 is 33.8 Å². The Labute approximate surface area is 131 Å². The zero-order valence-electron chi connectivity index (χ0n) is 11.7. The number of para-hydroxylation sites is 1. The monoisotopic (exact) mass is 319 g/mol. The summed E-state index contributed by atoms with van der Waals surface area (Å²) < 4.78 is 1.65. The van der Waals surface area contributed by atoms with Gasteiger partial charge < -0.3 is 0 Å². The average Bonchev–Trinajstić information content (AvgIpc) is 2.87. The second-order valence-corrected chi connectivity index (χ2v) is 6.81. The summed E-state index contributed by atoms with van der Waals surface area (Å²) in [6.07, 6.45) is 1.80. The summed E-state index contributed by atoms with van der Waals surface area (Å²) in [5.74, 6) is 0.589. The van der Waals surface area contributed by atoms with Gasteiger partial charge in [-0.25, -0.2) is 9.97 Å². The van der Waals surface area contributed by atoms with E-state index in [1.165, 1.54) is 0 Å². The summed E-state index contributed by atoms with van der Waals surface area (Å²) in [6.45, 7) is 4.22. The molecular weight excluding hydrogens is 306 g/mol. The standard InChI is InChI=1S/C15H14ClN3OS/c1-9(16)14-18-13-6-4-3-5-12(13)15(20)19(14)8-11-7-17-10(2)21-11/h3-7,9H,8H2,1-2H3. The topological polar surface area (TPSA) is 47.8 Å². The molecule has 1 aromatic carbocycles. The first-order chi connectivity index (χ1) is 10.1. The summed E-state index contributed by atoms with van der Waals surface area (Å²) in [4.78, 5) is 22.5. The van der Waals surface area contributed by atoms with Crippen LogP contribution in [0.15, 0.2) is 35.3 Å². The molecule has 3 aromatic rings. The van der Waals surface area contributed by atoms with Crippen molar-refractivity contribution in [1.82, 2.24) is 14.5 Å². The van der Waals surface area contributed by atoms with Gasteiger partial charge in [0.15, 0.2) is 0 Å². The SMILES string of the molecule is Cc1ncc(Cn2c(C(C)Cl)nc3ccccc3c2=O)s1. The van der Waals surface area contributed by atoms with Gasteiger partial charge in [0.2, 0.25) is 0 Å². The maximum atomic E-state index is 12.7. The maximum absolute atomic E-state index is 12.7. The Hall–Kier alpha value is -1.72. The molecule has 0 bridgehead atoms. The minimum absolute atomic E-state index is 0.0610. The van der Waals surface area contributed by atoms with E-state index in [2.05, 4.69) is 9.97 Å². The fourth-order valence-corrected chi connectivity index (χ4v) is 3.23. The molecule has 1 atom stereocenters. The minimum atomic E-state index is -0.337. The zero-order chi connectivity index (χ0) is 15.0.